The van der Waals surface area contributed by atoms with E-state index in [-0.39, 0.29) is 11.3 Å². The van der Waals surface area contributed by atoms with Crippen LogP contribution >= 0.6 is 0 Å². The molecule has 0 saturated heterocycles. The highest BCUT2D eigenvalue weighted by Gasteiger charge is 2.26. The second-order valence-corrected chi connectivity index (χ2v) is 11.4. The maximum Gasteiger partial charge on any atom is 0.216 e. The number of hydrogen-bond acceptors (Lipinski definition) is 2. The SMILES string of the molecule is CCCCCOCCCCCC1CCc2cc(-c3ccc(CCCCC(C)CC)c(F)n3)c(F)c(F)c2C1. The van der Waals surface area contributed by atoms with Crippen molar-refractivity contribution in [1.82, 2.24) is 4.98 Å². The van der Waals surface area contributed by atoms with E-state index in [9.17, 15) is 4.39 Å². The van der Waals surface area contributed by atoms with Crippen molar-refractivity contribution < 1.29 is 17.9 Å². The average molecular weight is 532 g/mol. The van der Waals surface area contributed by atoms with Gasteiger partial charge in [0, 0.05) is 24.3 Å². The van der Waals surface area contributed by atoms with E-state index in [1.165, 1.54) is 12.8 Å². The van der Waals surface area contributed by atoms with Crippen LogP contribution in [0.25, 0.3) is 11.3 Å². The Balaban J connectivity index is 1.53. The largest absolute Gasteiger partial charge is 0.381 e. The van der Waals surface area contributed by atoms with Gasteiger partial charge in [-0.3, -0.25) is 0 Å². The number of benzene rings is 1. The Labute approximate surface area is 228 Å². The van der Waals surface area contributed by atoms with Gasteiger partial charge in [-0.2, -0.15) is 4.39 Å². The normalized spacial score (nSPS) is 16.0. The van der Waals surface area contributed by atoms with Gasteiger partial charge in [-0.05, 0) is 80.0 Å². The Bertz CT molecular complexity index is 993. The topological polar surface area (TPSA) is 22.1 Å². The summed E-state index contributed by atoms with van der Waals surface area (Å²) in [5.74, 6) is -1.20. The maximum absolute atomic E-state index is 15.2. The van der Waals surface area contributed by atoms with Crippen molar-refractivity contribution in [2.45, 2.75) is 117 Å². The summed E-state index contributed by atoms with van der Waals surface area (Å²) in [6, 6.07) is 5.02. The third-order valence-electron chi connectivity index (χ3n) is 8.30. The molecule has 1 heterocycles. The molecule has 0 N–H and O–H groups in total. The highest BCUT2D eigenvalue weighted by atomic mass is 19.2. The van der Waals surface area contributed by atoms with Crippen LogP contribution in [0.1, 0.15) is 115 Å². The van der Waals surface area contributed by atoms with Crippen LogP contribution < -0.4 is 0 Å². The number of unbranched alkanes of at least 4 members (excludes halogenated alkanes) is 5. The quantitative estimate of drug-likeness (QED) is 0.150. The molecule has 1 aromatic heterocycles. The predicted octanol–water partition coefficient (Wildman–Crippen LogP) is 9.80. The first kappa shape index (κ1) is 30.7. The average Bonchev–Trinajstić information content (AvgIpc) is 2.92. The van der Waals surface area contributed by atoms with Crippen LogP contribution in [0.4, 0.5) is 13.2 Å². The van der Waals surface area contributed by atoms with E-state index in [0.717, 1.165) is 89.4 Å². The first-order valence-corrected chi connectivity index (χ1v) is 15.2. The number of fused-ring (bicyclic) bond motifs is 1. The van der Waals surface area contributed by atoms with E-state index >= 15 is 8.78 Å². The van der Waals surface area contributed by atoms with Gasteiger partial charge < -0.3 is 4.74 Å². The van der Waals surface area contributed by atoms with Gasteiger partial charge in [0.25, 0.3) is 0 Å². The molecule has 0 amide bonds. The molecule has 0 fully saturated rings. The molecule has 3 rings (SSSR count). The molecule has 1 aromatic carbocycles. The van der Waals surface area contributed by atoms with Gasteiger partial charge in [0.1, 0.15) is 0 Å². The molecule has 2 nitrogen and oxygen atoms in total. The Morgan fingerprint density at radius 1 is 0.947 bits per heavy atom. The molecule has 0 bridgehead atoms. The first-order valence-electron chi connectivity index (χ1n) is 15.2. The van der Waals surface area contributed by atoms with Crippen LogP contribution in [0.2, 0.25) is 0 Å². The molecule has 2 aromatic rings. The van der Waals surface area contributed by atoms with E-state index in [2.05, 4.69) is 25.8 Å². The van der Waals surface area contributed by atoms with Crippen LogP contribution in [0, 0.1) is 29.4 Å². The Kier molecular flexibility index (Phi) is 13.1. The Hall–Kier alpha value is -1.88. The molecule has 0 radical (unpaired) electrons. The summed E-state index contributed by atoms with van der Waals surface area (Å²) in [7, 11) is 0. The monoisotopic (exact) mass is 531 g/mol. The molecule has 5 heteroatoms. The molecule has 212 valence electrons. The number of ether oxygens (including phenoxy) is 1. The number of halogens is 3. The fraction of sp³-hybridized carbons (Fsp3) is 0.667. The van der Waals surface area contributed by atoms with Crippen molar-refractivity contribution in [3.05, 3.63) is 52.5 Å². The number of hydrogen-bond donors (Lipinski definition) is 0. The molecule has 1 aliphatic rings. The lowest BCUT2D eigenvalue weighted by Gasteiger charge is -2.26. The molecule has 0 spiro atoms. The van der Waals surface area contributed by atoms with E-state index in [0.29, 0.717) is 35.8 Å². The summed E-state index contributed by atoms with van der Waals surface area (Å²) in [4.78, 5) is 4.04. The van der Waals surface area contributed by atoms with Crippen molar-refractivity contribution in [2.24, 2.45) is 11.8 Å². The number of aromatic nitrogens is 1. The fourth-order valence-corrected chi connectivity index (χ4v) is 5.53. The van der Waals surface area contributed by atoms with E-state index < -0.39 is 17.6 Å². The number of pyridine rings is 1. The summed E-state index contributed by atoms with van der Waals surface area (Å²) in [5.41, 5.74) is 2.12. The van der Waals surface area contributed by atoms with Crippen molar-refractivity contribution in [3.63, 3.8) is 0 Å². The van der Waals surface area contributed by atoms with E-state index in [1.54, 1.807) is 18.2 Å². The van der Waals surface area contributed by atoms with Gasteiger partial charge in [-0.1, -0.05) is 78.2 Å². The zero-order valence-corrected chi connectivity index (χ0v) is 23.9. The predicted molar refractivity (Wildman–Crippen MR) is 151 cm³/mol. The minimum atomic E-state index is -0.905. The number of rotatable bonds is 17. The van der Waals surface area contributed by atoms with Crippen LogP contribution in [0.5, 0.6) is 0 Å². The Morgan fingerprint density at radius 2 is 1.74 bits per heavy atom. The van der Waals surface area contributed by atoms with Gasteiger partial charge in [0.05, 0.1) is 5.69 Å². The highest BCUT2D eigenvalue weighted by Crippen LogP contribution is 2.36. The van der Waals surface area contributed by atoms with Gasteiger partial charge in [-0.15, -0.1) is 0 Å². The lowest BCUT2D eigenvalue weighted by Crippen LogP contribution is -2.17. The molecule has 0 saturated carbocycles. The smallest absolute Gasteiger partial charge is 0.216 e. The zero-order valence-electron chi connectivity index (χ0n) is 23.9. The van der Waals surface area contributed by atoms with Crippen LogP contribution in [-0.2, 0) is 24.0 Å². The minimum absolute atomic E-state index is 0.0702. The second-order valence-electron chi connectivity index (χ2n) is 11.4. The van der Waals surface area contributed by atoms with Gasteiger partial charge >= 0.3 is 0 Å². The van der Waals surface area contributed by atoms with Gasteiger partial charge in [0.15, 0.2) is 11.6 Å². The van der Waals surface area contributed by atoms with Crippen molar-refractivity contribution in [2.75, 3.05) is 13.2 Å². The van der Waals surface area contributed by atoms with Crippen LogP contribution in [-0.4, -0.2) is 18.2 Å². The lowest BCUT2D eigenvalue weighted by molar-refractivity contribution is 0.125. The van der Waals surface area contributed by atoms with Crippen molar-refractivity contribution in [1.29, 1.82) is 0 Å². The molecular formula is C33H48F3NO. The first-order chi connectivity index (χ1) is 18.4. The van der Waals surface area contributed by atoms with E-state index in [4.69, 9.17) is 4.74 Å². The molecule has 2 atom stereocenters. The summed E-state index contributed by atoms with van der Waals surface area (Å²) in [5, 5.41) is 0. The molecular weight excluding hydrogens is 483 g/mol. The van der Waals surface area contributed by atoms with Gasteiger partial charge in [-0.25, -0.2) is 13.8 Å². The van der Waals surface area contributed by atoms with Crippen LogP contribution in [0.15, 0.2) is 18.2 Å². The minimum Gasteiger partial charge on any atom is -0.381 e. The standard InChI is InChI=1S/C33H48F3NO/c1-4-6-11-20-38-21-12-7-8-14-25-16-17-27-23-29(32(35)31(34)28(27)22-25)30-19-18-26(33(36)37-30)15-10-9-13-24(3)5-2/h18-19,23-25H,4-17,20-22H2,1-3H3. The third kappa shape index (κ3) is 9.10. The van der Waals surface area contributed by atoms with Crippen molar-refractivity contribution >= 4 is 0 Å². The van der Waals surface area contributed by atoms with Crippen LogP contribution in [0.3, 0.4) is 0 Å². The summed E-state index contributed by atoms with van der Waals surface area (Å²) in [6.45, 7) is 8.27. The highest BCUT2D eigenvalue weighted by molar-refractivity contribution is 5.63. The molecule has 38 heavy (non-hydrogen) atoms. The Morgan fingerprint density at radius 3 is 2.47 bits per heavy atom. The molecule has 1 aliphatic carbocycles. The van der Waals surface area contributed by atoms with E-state index in [1.807, 2.05) is 0 Å². The number of aryl methyl sites for hydroxylation is 2. The lowest BCUT2D eigenvalue weighted by atomic mass is 9.80. The maximum atomic E-state index is 15.2. The fourth-order valence-electron chi connectivity index (χ4n) is 5.53. The zero-order chi connectivity index (χ0) is 27.3. The summed E-state index contributed by atoms with van der Waals surface area (Å²) < 4.78 is 50.7. The molecule has 0 aliphatic heterocycles. The van der Waals surface area contributed by atoms with Crippen molar-refractivity contribution in [3.8, 4) is 11.3 Å². The van der Waals surface area contributed by atoms with Gasteiger partial charge in [0.2, 0.25) is 5.95 Å². The summed E-state index contributed by atoms with van der Waals surface area (Å²) in [6.07, 6.45) is 15.0. The third-order valence-corrected chi connectivity index (χ3v) is 8.30. The summed E-state index contributed by atoms with van der Waals surface area (Å²) >= 11 is 0. The number of nitrogens with zero attached hydrogens (tertiary/aromatic N) is 1. The second kappa shape index (κ2) is 16.3. The molecule has 2 unspecified atom stereocenters.